The highest BCUT2D eigenvalue weighted by Crippen LogP contribution is 2.16. The van der Waals surface area contributed by atoms with Crippen LogP contribution >= 0.6 is 11.6 Å². The van der Waals surface area contributed by atoms with Crippen molar-refractivity contribution in [3.8, 4) is 11.5 Å². The zero-order valence-electron chi connectivity index (χ0n) is 13.5. The molecule has 0 atom stereocenters. The Bertz CT molecular complexity index is 647. The van der Waals surface area contributed by atoms with Crippen LogP contribution in [0.4, 0.5) is 5.69 Å². The third-order valence-electron chi connectivity index (χ3n) is 3.26. The molecule has 0 aliphatic rings. The van der Waals surface area contributed by atoms with E-state index in [1.54, 1.807) is 7.11 Å². The molecule has 0 radical (unpaired) electrons. The first-order valence-corrected chi connectivity index (χ1v) is 8.08. The average molecular weight is 349 g/mol. The molecule has 128 valence electrons. The molecule has 2 rings (SSSR count). The van der Waals surface area contributed by atoms with Crippen LogP contribution in [0.25, 0.3) is 0 Å². The second-order valence-electron chi connectivity index (χ2n) is 5.06. The van der Waals surface area contributed by atoms with E-state index in [9.17, 15) is 4.79 Å². The van der Waals surface area contributed by atoms with Crippen molar-refractivity contribution in [2.45, 2.75) is 6.42 Å². The van der Waals surface area contributed by atoms with Crippen LogP contribution < -0.4 is 20.1 Å². The lowest BCUT2D eigenvalue weighted by atomic mass is 10.3. The van der Waals surface area contributed by atoms with Gasteiger partial charge in [-0.25, -0.2) is 0 Å². The number of rotatable bonds is 9. The highest BCUT2D eigenvalue weighted by atomic mass is 35.5. The van der Waals surface area contributed by atoms with E-state index in [-0.39, 0.29) is 5.91 Å². The number of benzene rings is 2. The third-order valence-corrected chi connectivity index (χ3v) is 3.49. The molecule has 0 aliphatic carbocycles. The molecule has 0 unspecified atom stereocenters. The highest BCUT2D eigenvalue weighted by molar-refractivity contribution is 6.30. The van der Waals surface area contributed by atoms with Crippen molar-refractivity contribution in [2.75, 3.05) is 32.1 Å². The van der Waals surface area contributed by atoms with E-state index in [1.807, 2.05) is 48.5 Å². The predicted molar refractivity (Wildman–Crippen MR) is 96.1 cm³/mol. The van der Waals surface area contributed by atoms with Gasteiger partial charge in [-0.05, 0) is 42.5 Å². The maximum absolute atomic E-state index is 11.7. The van der Waals surface area contributed by atoms with Crippen molar-refractivity contribution >= 4 is 23.2 Å². The summed E-state index contributed by atoms with van der Waals surface area (Å²) in [6.07, 6.45) is 0.384. The standard InChI is InChI=1S/C18H21ClN2O3/c1-23-16-5-7-17(8-6-16)24-12-11-21-18(22)9-10-20-15-4-2-3-14(19)13-15/h2-8,13,20H,9-12H2,1H3,(H,21,22). The molecule has 6 heteroatoms. The Morgan fingerprint density at radius 2 is 1.83 bits per heavy atom. The van der Waals surface area contributed by atoms with Gasteiger partial charge in [0, 0.05) is 23.7 Å². The number of hydrogen-bond acceptors (Lipinski definition) is 4. The molecule has 0 saturated heterocycles. The maximum Gasteiger partial charge on any atom is 0.221 e. The molecule has 0 fully saturated rings. The quantitative estimate of drug-likeness (QED) is 0.682. The minimum Gasteiger partial charge on any atom is -0.497 e. The van der Waals surface area contributed by atoms with Crippen molar-refractivity contribution in [1.82, 2.24) is 5.32 Å². The number of halogens is 1. The summed E-state index contributed by atoms with van der Waals surface area (Å²) in [6, 6.07) is 14.7. The summed E-state index contributed by atoms with van der Waals surface area (Å²) in [7, 11) is 1.62. The summed E-state index contributed by atoms with van der Waals surface area (Å²) in [6.45, 7) is 1.42. The van der Waals surface area contributed by atoms with Crippen molar-refractivity contribution in [3.63, 3.8) is 0 Å². The molecule has 0 saturated carbocycles. The Kier molecular flexibility index (Phi) is 7.23. The van der Waals surface area contributed by atoms with E-state index in [0.717, 1.165) is 17.2 Å². The summed E-state index contributed by atoms with van der Waals surface area (Å²) in [5, 5.41) is 6.64. The van der Waals surface area contributed by atoms with Gasteiger partial charge in [0.05, 0.1) is 13.7 Å². The smallest absolute Gasteiger partial charge is 0.221 e. The largest absolute Gasteiger partial charge is 0.497 e. The van der Waals surface area contributed by atoms with Crippen LogP contribution in [0.15, 0.2) is 48.5 Å². The van der Waals surface area contributed by atoms with E-state index in [4.69, 9.17) is 21.1 Å². The Balaban J connectivity index is 1.57. The Labute approximate surface area is 146 Å². The minimum absolute atomic E-state index is 0.0251. The van der Waals surface area contributed by atoms with Crippen molar-refractivity contribution in [1.29, 1.82) is 0 Å². The van der Waals surface area contributed by atoms with E-state index in [1.165, 1.54) is 0 Å². The fourth-order valence-electron chi connectivity index (χ4n) is 2.04. The Hall–Kier alpha value is -2.40. The van der Waals surface area contributed by atoms with Crippen molar-refractivity contribution in [2.24, 2.45) is 0 Å². The fourth-order valence-corrected chi connectivity index (χ4v) is 2.23. The molecule has 2 aromatic rings. The van der Waals surface area contributed by atoms with Gasteiger partial charge in [0.15, 0.2) is 0 Å². The lowest BCUT2D eigenvalue weighted by Crippen LogP contribution is -2.29. The van der Waals surface area contributed by atoms with Gasteiger partial charge in [0.1, 0.15) is 18.1 Å². The Morgan fingerprint density at radius 3 is 2.54 bits per heavy atom. The maximum atomic E-state index is 11.7. The number of hydrogen-bond donors (Lipinski definition) is 2. The lowest BCUT2D eigenvalue weighted by molar-refractivity contribution is -0.120. The fraction of sp³-hybridized carbons (Fsp3) is 0.278. The number of carbonyl (C=O) groups is 1. The molecule has 0 aromatic heterocycles. The average Bonchev–Trinajstić information content (AvgIpc) is 2.59. The summed E-state index contributed by atoms with van der Waals surface area (Å²) < 4.78 is 10.6. The summed E-state index contributed by atoms with van der Waals surface area (Å²) in [5.74, 6) is 1.50. The van der Waals surface area contributed by atoms with Crippen molar-refractivity contribution in [3.05, 3.63) is 53.6 Å². The normalized spacial score (nSPS) is 10.1. The van der Waals surface area contributed by atoms with Gasteiger partial charge in [0.25, 0.3) is 0 Å². The second kappa shape index (κ2) is 9.67. The Morgan fingerprint density at radius 1 is 1.08 bits per heavy atom. The van der Waals surface area contributed by atoms with Gasteiger partial charge in [0.2, 0.25) is 5.91 Å². The predicted octanol–water partition coefficient (Wildman–Crippen LogP) is 3.35. The van der Waals surface area contributed by atoms with Crippen LogP contribution in [0, 0.1) is 0 Å². The molecule has 0 bridgehead atoms. The summed E-state index contributed by atoms with van der Waals surface area (Å²) >= 11 is 5.90. The molecule has 0 aliphatic heterocycles. The summed E-state index contributed by atoms with van der Waals surface area (Å²) in [4.78, 5) is 11.7. The number of amides is 1. The van der Waals surface area contributed by atoms with Crippen LogP contribution in [-0.4, -0.2) is 32.7 Å². The molecule has 0 spiro atoms. The molecule has 2 aromatic carbocycles. The number of methoxy groups -OCH3 is 1. The summed E-state index contributed by atoms with van der Waals surface area (Å²) in [5.41, 5.74) is 0.901. The highest BCUT2D eigenvalue weighted by Gasteiger charge is 2.01. The van der Waals surface area contributed by atoms with E-state index < -0.39 is 0 Å². The van der Waals surface area contributed by atoms with Crippen LogP contribution in [0.3, 0.4) is 0 Å². The van der Waals surface area contributed by atoms with Gasteiger partial charge in [-0.2, -0.15) is 0 Å². The van der Waals surface area contributed by atoms with Gasteiger partial charge in [-0.1, -0.05) is 17.7 Å². The SMILES string of the molecule is COc1ccc(OCCNC(=O)CCNc2cccc(Cl)c2)cc1. The molecule has 2 N–H and O–H groups in total. The number of carbonyl (C=O) groups excluding carboxylic acids is 1. The first-order chi connectivity index (χ1) is 11.7. The molecule has 24 heavy (non-hydrogen) atoms. The number of anilines is 1. The lowest BCUT2D eigenvalue weighted by Gasteiger charge is -2.09. The van der Waals surface area contributed by atoms with Crippen LogP contribution in [0.1, 0.15) is 6.42 Å². The molecule has 0 heterocycles. The van der Waals surface area contributed by atoms with E-state index in [2.05, 4.69) is 10.6 Å². The zero-order valence-corrected chi connectivity index (χ0v) is 14.3. The van der Waals surface area contributed by atoms with E-state index in [0.29, 0.717) is 31.1 Å². The van der Waals surface area contributed by atoms with Crippen LogP contribution in [0.5, 0.6) is 11.5 Å². The first-order valence-electron chi connectivity index (χ1n) is 7.70. The topological polar surface area (TPSA) is 59.6 Å². The monoisotopic (exact) mass is 348 g/mol. The first kappa shape index (κ1) is 17.9. The van der Waals surface area contributed by atoms with Gasteiger partial charge < -0.3 is 20.1 Å². The third kappa shape index (κ3) is 6.38. The molecule has 5 nitrogen and oxygen atoms in total. The number of nitrogens with one attached hydrogen (secondary N) is 2. The van der Waals surface area contributed by atoms with Crippen LogP contribution in [0.2, 0.25) is 5.02 Å². The molecular weight excluding hydrogens is 328 g/mol. The van der Waals surface area contributed by atoms with Crippen LogP contribution in [-0.2, 0) is 4.79 Å². The van der Waals surface area contributed by atoms with Gasteiger partial charge >= 0.3 is 0 Å². The minimum atomic E-state index is -0.0251. The molecular formula is C18H21ClN2O3. The molecule has 1 amide bonds. The van der Waals surface area contributed by atoms with Gasteiger partial charge in [-0.15, -0.1) is 0 Å². The van der Waals surface area contributed by atoms with Crippen molar-refractivity contribution < 1.29 is 14.3 Å². The zero-order chi connectivity index (χ0) is 17.2. The number of ether oxygens (including phenoxy) is 2. The van der Waals surface area contributed by atoms with Gasteiger partial charge in [-0.3, -0.25) is 4.79 Å². The second-order valence-corrected chi connectivity index (χ2v) is 5.50. The van der Waals surface area contributed by atoms with E-state index >= 15 is 0 Å².